The maximum absolute atomic E-state index is 13.6. The van der Waals surface area contributed by atoms with Gasteiger partial charge in [-0.05, 0) is 72.8 Å². The quantitative estimate of drug-likeness (QED) is 0.186. The van der Waals surface area contributed by atoms with Gasteiger partial charge in [0, 0.05) is 12.1 Å². The molecule has 1 atom stereocenters. The van der Waals surface area contributed by atoms with Gasteiger partial charge in [-0.3, -0.25) is 14.5 Å². The van der Waals surface area contributed by atoms with Gasteiger partial charge in [0.15, 0.2) is 5.78 Å². The summed E-state index contributed by atoms with van der Waals surface area (Å²) in [5.41, 5.74) is 4.29. The van der Waals surface area contributed by atoms with Crippen molar-refractivity contribution in [2.75, 3.05) is 19.6 Å². The van der Waals surface area contributed by atoms with E-state index in [0.29, 0.717) is 11.1 Å². The number of Topliss-reactive ketones (excluding diaryl/α,β-unsaturated/α-hetero) is 1. The van der Waals surface area contributed by atoms with Crippen LogP contribution in [0.15, 0.2) is 114 Å². The van der Waals surface area contributed by atoms with Crippen molar-refractivity contribution in [2.45, 2.75) is 43.2 Å². The van der Waals surface area contributed by atoms with Gasteiger partial charge in [0.2, 0.25) is 10.0 Å². The number of hydrogen-bond acceptors (Lipinski definition) is 5. The number of hydrogen-bond donors (Lipinski definition) is 2. The molecule has 7 nitrogen and oxygen atoms in total. The van der Waals surface area contributed by atoms with Crippen LogP contribution in [0.2, 0.25) is 0 Å². The van der Waals surface area contributed by atoms with Crippen molar-refractivity contribution in [3.63, 3.8) is 0 Å². The molecule has 0 saturated carbocycles. The highest BCUT2D eigenvalue weighted by molar-refractivity contribution is 7.89. The van der Waals surface area contributed by atoms with Gasteiger partial charge in [-0.15, -0.1) is 0 Å². The summed E-state index contributed by atoms with van der Waals surface area (Å²) in [4.78, 5) is 29.5. The van der Waals surface area contributed by atoms with E-state index in [2.05, 4.69) is 39.2 Å². The number of nitrogens with one attached hydrogen (secondary N) is 2. The average molecular weight is 622 g/mol. The summed E-state index contributed by atoms with van der Waals surface area (Å²) >= 11 is 0. The fourth-order valence-corrected chi connectivity index (χ4v) is 6.46. The number of amides is 1. The maximum Gasteiger partial charge on any atom is 0.252 e. The van der Waals surface area contributed by atoms with E-state index in [1.54, 1.807) is 30.3 Å². The van der Waals surface area contributed by atoms with Crippen LogP contribution in [0, 0.1) is 0 Å². The lowest BCUT2D eigenvalue weighted by Gasteiger charge is -2.26. The van der Waals surface area contributed by atoms with E-state index < -0.39 is 34.3 Å². The molecule has 1 aliphatic rings. The molecule has 2 N–H and O–H groups in total. The van der Waals surface area contributed by atoms with Crippen molar-refractivity contribution >= 4 is 33.9 Å². The van der Waals surface area contributed by atoms with E-state index in [1.807, 2.05) is 54.6 Å². The van der Waals surface area contributed by atoms with Crippen molar-refractivity contribution in [1.29, 1.82) is 0 Å². The summed E-state index contributed by atoms with van der Waals surface area (Å²) in [5, 5.41) is 2.88. The minimum Gasteiger partial charge on any atom is -0.342 e. The van der Waals surface area contributed by atoms with Gasteiger partial charge in [-0.25, -0.2) is 13.1 Å². The van der Waals surface area contributed by atoms with E-state index >= 15 is 0 Å². The van der Waals surface area contributed by atoms with Crippen molar-refractivity contribution in [2.24, 2.45) is 0 Å². The molecular formula is C37H39N3O4S. The van der Waals surface area contributed by atoms with E-state index in [1.165, 1.54) is 37.0 Å². The summed E-state index contributed by atoms with van der Waals surface area (Å²) in [7, 11) is -3.89. The smallest absolute Gasteiger partial charge is 0.252 e. The summed E-state index contributed by atoms with van der Waals surface area (Å²) in [6.45, 7) is 2.82. The second kappa shape index (κ2) is 15.6. The SMILES string of the molecule is O=C(N[C@@H](Cc1ccccc1)C(=O)CNS(=O)(=O)c1ccccc1)c1ccccc1C=Cc1ccc(CN2CCCCC2)cc1. The summed E-state index contributed by atoms with van der Waals surface area (Å²) in [6.07, 6.45) is 7.95. The first-order chi connectivity index (χ1) is 21.9. The highest BCUT2D eigenvalue weighted by Crippen LogP contribution is 2.17. The standard InChI is InChI=1S/C37H39N3O4S/c41-36(27-38-45(43,44)33-15-6-2-7-16-33)35(26-30-12-4-1-5-13-30)39-37(42)34-17-9-8-14-32(34)23-22-29-18-20-31(21-19-29)28-40-24-10-3-11-25-40/h1-2,4-9,12-23,35,38H,3,10-11,24-28H2,(H,39,42)/t35-/m0/s1. The van der Waals surface area contributed by atoms with Crippen LogP contribution in [-0.4, -0.2) is 50.7 Å². The predicted molar refractivity (Wildman–Crippen MR) is 179 cm³/mol. The van der Waals surface area contributed by atoms with Crippen LogP contribution < -0.4 is 10.0 Å². The number of nitrogens with zero attached hydrogens (tertiary/aromatic N) is 1. The van der Waals surface area contributed by atoms with Gasteiger partial charge >= 0.3 is 0 Å². The maximum atomic E-state index is 13.6. The molecule has 1 amide bonds. The monoisotopic (exact) mass is 621 g/mol. The Labute approximate surface area is 266 Å². The van der Waals surface area contributed by atoms with Crippen LogP contribution in [-0.2, 0) is 27.8 Å². The van der Waals surface area contributed by atoms with Gasteiger partial charge in [0.1, 0.15) is 0 Å². The highest BCUT2D eigenvalue weighted by Gasteiger charge is 2.25. The number of likely N-dealkylation sites (tertiary alicyclic amines) is 1. The number of sulfonamides is 1. The molecule has 1 saturated heterocycles. The molecule has 4 aromatic rings. The second-order valence-electron chi connectivity index (χ2n) is 11.3. The third-order valence-corrected chi connectivity index (χ3v) is 9.38. The first kappa shape index (κ1) is 32.0. The molecule has 0 radical (unpaired) electrons. The number of carbonyl (C=O) groups excluding carboxylic acids is 2. The molecule has 5 rings (SSSR count). The van der Waals surface area contributed by atoms with Crippen molar-refractivity contribution in [3.05, 3.63) is 137 Å². The average Bonchev–Trinajstić information content (AvgIpc) is 3.08. The van der Waals surface area contributed by atoms with Gasteiger partial charge in [-0.1, -0.05) is 110 Å². The molecule has 0 unspecified atom stereocenters. The van der Waals surface area contributed by atoms with E-state index in [4.69, 9.17) is 0 Å². The zero-order valence-corrected chi connectivity index (χ0v) is 26.1. The highest BCUT2D eigenvalue weighted by atomic mass is 32.2. The number of carbonyl (C=O) groups is 2. The van der Waals surface area contributed by atoms with Crippen LogP contribution in [0.3, 0.4) is 0 Å². The molecule has 45 heavy (non-hydrogen) atoms. The Morgan fingerprint density at radius 1 is 0.733 bits per heavy atom. The van der Waals surface area contributed by atoms with Gasteiger partial charge < -0.3 is 5.32 Å². The van der Waals surface area contributed by atoms with E-state index in [9.17, 15) is 18.0 Å². The molecule has 1 heterocycles. The minimum absolute atomic E-state index is 0.0683. The van der Waals surface area contributed by atoms with E-state index in [0.717, 1.165) is 30.8 Å². The topological polar surface area (TPSA) is 95.6 Å². The first-order valence-corrected chi connectivity index (χ1v) is 16.9. The van der Waals surface area contributed by atoms with E-state index in [-0.39, 0.29) is 11.3 Å². The molecule has 0 aromatic heterocycles. The molecule has 1 fully saturated rings. The molecule has 1 aliphatic heterocycles. The van der Waals surface area contributed by atoms with Gasteiger partial charge in [-0.2, -0.15) is 0 Å². The lowest BCUT2D eigenvalue weighted by atomic mass is 10.0. The molecule has 0 spiro atoms. The lowest BCUT2D eigenvalue weighted by Crippen LogP contribution is -2.46. The van der Waals surface area contributed by atoms with Crippen molar-refractivity contribution < 1.29 is 18.0 Å². The van der Waals surface area contributed by atoms with Crippen LogP contribution in [0.1, 0.15) is 51.9 Å². The molecule has 232 valence electrons. The van der Waals surface area contributed by atoms with Gasteiger partial charge in [0.05, 0.1) is 17.5 Å². The Morgan fingerprint density at radius 2 is 1.38 bits per heavy atom. The number of ketones is 1. The predicted octanol–water partition coefficient (Wildman–Crippen LogP) is 5.73. The summed E-state index contributed by atoms with van der Waals surface area (Å²) in [5.74, 6) is -0.850. The molecular weight excluding hydrogens is 582 g/mol. The summed E-state index contributed by atoms with van der Waals surface area (Å²) in [6, 6.07) is 32.0. The second-order valence-corrected chi connectivity index (χ2v) is 13.1. The van der Waals surface area contributed by atoms with Crippen LogP contribution in [0.5, 0.6) is 0 Å². The zero-order chi connectivity index (χ0) is 31.5. The number of benzene rings is 4. The van der Waals surface area contributed by atoms with Crippen LogP contribution >= 0.6 is 0 Å². The van der Waals surface area contributed by atoms with Crippen LogP contribution in [0.25, 0.3) is 12.2 Å². The fourth-order valence-electron chi connectivity index (χ4n) is 5.45. The number of rotatable bonds is 13. The molecule has 8 heteroatoms. The summed E-state index contributed by atoms with van der Waals surface area (Å²) < 4.78 is 27.9. The Balaban J connectivity index is 1.28. The van der Waals surface area contributed by atoms with Crippen molar-refractivity contribution in [1.82, 2.24) is 14.9 Å². The molecule has 0 aliphatic carbocycles. The van der Waals surface area contributed by atoms with Crippen LogP contribution in [0.4, 0.5) is 0 Å². The Hall–Kier alpha value is -4.37. The third-order valence-electron chi connectivity index (χ3n) is 7.96. The fraction of sp³-hybridized carbons (Fsp3) is 0.243. The Kier molecular flexibility index (Phi) is 11.1. The normalized spacial score (nSPS) is 14.7. The first-order valence-electron chi connectivity index (χ1n) is 15.4. The molecule has 0 bridgehead atoms. The van der Waals surface area contributed by atoms with Crippen molar-refractivity contribution in [3.8, 4) is 0 Å². The zero-order valence-electron chi connectivity index (χ0n) is 25.3. The number of piperidine rings is 1. The third kappa shape index (κ3) is 9.31. The van der Waals surface area contributed by atoms with Gasteiger partial charge in [0.25, 0.3) is 5.91 Å². The molecule has 4 aromatic carbocycles. The Bertz CT molecular complexity index is 1700. The minimum atomic E-state index is -3.89. The largest absolute Gasteiger partial charge is 0.342 e. The lowest BCUT2D eigenvalue weighted by molar-refractivity contribution is -0.119. The Morgan fingerprint density at radius 3 is 2.09 bits per heavy atom.